The second-order valence-corrected chi connectivity index (χ2v) is 5.72. The van der Waals surface area contributed by atoms with Crippen LogP contribution in [0.5, 0.6) is 0 Å². The third-order valence-electron chi connectivity index (χ3n) is 4.20. The number of halogens is 3. The van der Waals surface area contributed by atoms with E-state index in [1.54, 1.807) is 0 Å². The van der Waals surface area contributed by atoms with Crippen LogP contribution in [0.4, 0.5) is 13.2 Å². The highest BCUT2D eigenvalue weighted by atomic mass is 19.4. The molecule has 2 aliphatic heterocycles. The van der Waals surface area contributed by atoms with Crippen molar-refractivity contribution in [3.63, 3.8) is 0 Å². The van der Waals surface area contributed by atoms with Crippen molar-refractivity contribution in [3.05, 3.63) is 0 Å². The maximum atomic E-state index is 12.1. The minimum absolute atomic E-state index is 0.193. The van der Waals surface area contributed by atoms with Gasteiger partial charge in [0.1, 0.15) is 0 Å². The standard InChI is InChI=1S/C13H23F3N2/c1-10(4-2-7-13(14,15)16)17-11-6-9-18-8-3-5-12(11)18/h10-12,17H,2-9H2,1H3. The Kier molecular flexibility index (Phi) is 4.54. The highest BCUT2D eigenvalue weighted by Gasteiger charge is 2.37. The van der Waals surface area contributed by atoms with Crippen LogP contribution in [0.2, 0.25) is 0 Å². The molecule has 0 aromatic heterocycles. The second kappa shape index (κ2) is 5.78. The highest BCUT2D eigenvalue weighted by Crippen LogP contribution is 2.28. The fourth-order valence-corrected chi connectivity index (χ4v) is 3.33. The Hall–Kier alpha value is -0.290. The maximum absolute atomic E-state index is 12.1. The molecule has 2 nitrogen and oxygen atoms in total. The number of fused-ring (bicyclic) bond motifs is 1. The van der Waals surface area contributed by atoms with E-state index in [-0.39, 0.29) is 12.5 Å². The van der Waals surface area contributed by atoms with Crippen molar-refractivity contribution in [2.75, 3.05) is 13.1 Å². The van der Waals surface area contributed by atoms with Crippen molar-refractivity contribution in [2.24, 2.45) is 0 Å². The van der Waals surface area contributed by atoms with Gasteiger partial charge in [-0.05, 0) is 45.6 Å². The summed E-state index contributed by atoms with van der Waals surface area (Å²) in [5.41, 5.74) is 0. The molecule has 106 valence electrons. The molecule has 0 spiro atoms. The van der Waals surface area contributed by atoms with Crippen LogP contribution in [-0.4, -0.2) is 42.3 Å². The molecule has 2 rings (SSSR count). The van der Waals surface area contributed by atoms with Crippen molar-refractivity contribution in [1.82, 2.24) is 10.2 Å². The largest absolute Gasteiger partial charge is 0.389 e. The number of hydrogen-bond donors (Lipinski definition) is 1. The van der Waals surface area contributed by atoms with E-state index in [0.29, 0.717) is 18.5 Å². The fraction of sp³-hybridized carbons (Fsp3) is 1.00. The SMILES string of the molecule is CC(CCCC(F)(F)F)NC1CCN2CCCC12. The van der Waals surface area contributed by atoms with Gasteiger partial charge in [0.05, 0.1) is 0 Å². The van der Waals surface area contributed by atoms with Gasteiger partial charge in [-0.2, -0.15) is 13.2 Å². The van der Waals surface area contributed by atoms with Crippen molar-refractivity contribution < 1.29 is 13.2 Å². The van der Waals surface area contributed by atoms with Crippen LogP contribution in [0.3, 0.4) is 0 Å². The van der Waals surface area contributed by atoms with Gasteiger partial charge in [-0.25, -0.2) is 0 Å². The van der Waals surface area contributed by atoms with Crippen LogP contribution >= 0.6 is 0 Å². The molecular formula is C13H23F3N2. The van der Waals surface area contributed by atoms with E-state index >= 15 is 0 Å². The number of alkyl halides is 3. The number of hydrogen-bond acceptors (Lipinski definition) is 2. The van der Waals surface area contributed by atoms with Crippen molar-refractivity contribution in [2.45, 2.75) is 69.8 Å². The Bertz CT molecular complexity index is 267. The first-order valence-electron chi connectivity index (χ1n) is 7.02. The Balaban J connectivity index is 1.66. The first kappa shape index (κ1) is 14.1. The molecule has 2 heterocycles. The molecule has 0 saturated carbocycles. The lowest BCUT2D eigenvalue weighted by Crippen LogP contribution is -2.43. The van der Waals surface area contributed by atoms with Gasteiger partial charge in [0, 0.05) is 31.1 Å². The maximum Gasteiger partial charge on any atom is 0.389 e. The van der Waals surface area contributed by atoms with Crippen LogP contribution in [0.15, 0.2) is 0 Å². The topological polar surface area (TPSA) is 15.3 Å². The summed E-state index contributed by atoms with van der Waals surface area (Å²) in [7, 11) is 0. The molecule has 2 fully saturated rings. The summed E-state index contributed by atoms with van der Waals surface area (Å²) in [6, 6.07) is 1.32. The number of rotatable bonds is 5. The summed E-state index contributed by atoms with van der Waals surface area (Å²) in [4.78, 5) is 2.51. The zero-order valence-electron chi connectivity index (χ0n) is 11.0. The zero-order valence-corrected chi connectivity index (χ0v) is 11.0. The van der Waals surface area contributed by atoms with E-state index in [0.717, 1.165) is 13.0 Å². The first-order valence-corrected chi connectivity index (χ1v) is 7.02. The molecule has 0 aromatic carbocycles. The summed E-state index contributed by atoms with van der Waals surface area (Å²) in [5.74, 6) is 0. The molecular weight excluding hydrogens is 241 g/mol. The molecule has 3 atom stereocenters. The molecule has 5 heteroatoms. The van der Waals surface area contributed by atoms with Crippen LogP contribution < -0.4 is 5.32 Å². The van der Waals surface area contributed by atoms with Gasteiger partial charge >= 0.3 is 6.18 Å². The van der Waals surface area contributed by atoms with Gasteiger partial charge in [0.25, 0.3) is 0 Å². The lowest BCUT2D eigenvalue weighted by Gasteiger charge is -2.25. The number of nitrogens with one attached hydrogen (secondary N) is 1. The molecule has 18 heavy (non-hydrogen) atoms. The quantitative estimate of drug-likeness (QED) is 0.821. The average Bonchev–Trinajstić information content (AvgIpc) is 2.81. The summed E-state index contributed by atoms with van der Waals surface area (Å²) in [5, 5.41) is 3.53. The Morgan fingerprint density at radius 3 is 2.78 bits per heavy atom. The van der Waals surface area contributed by atoms with Crippen LogP contribution in [0.25, 0.3) is 0 Å². The van der Waals surface area contributed by atoms with Gasteiger partial charge in [-0.15, -0.1) is 0 Å². The predicted molar refractivity (Wildman–Crippen MR) is 65.5 cm³/mol. The van der Waals surface area contributed by atoms with Crippen molar-refractivity contribution >= 4 is 0 Å². The Morgan fingerprint density at radius 2 is 2.06 bits per heavy atom. The zero-order chi connectivity index (χ0) is 13.2. The Labute approximate surface area is 107 Å². The van der Waals surface area contributed by atoms with E-state index in [4.69, 9.17) is 0 Å². The third kappa shape index (κ3) is 3.85. The summed E-state index contributed by atoms with van der Waals surface area (Å²) in [6.07, 6.45) is -0.150. The van der Waals surface area contributed by atoms with Gasteiger partial charge in [-0.1, -0.05) is 0 Å². The highest BCUT2D eigenvalue weighted by molar-refractivity contribution is 4.96. The van der Waals surface area contributed by atoms with E-state index in [9.17, 15) is 13.2 Å². The normalized spacial score (nSPS) is 30.7. The molecule has 0 aliphatic carbocycles. The third-order valence-corrected chi connectivity index (χ3v) is 4.20. The van der Waals surface area contributed by atoms with Gasteiger partial charge in [0.2, 0.25) is 0 Å². The summed E-state index contributed by atoms with van der Waals surface area (Å²) < 4.78 is 36.2. The molecule has 1 N–H and O–H groups in total. The molecule has 2 aliphatic rings. The monoisotopic (exact) mass is 264 g/mol. The molecule has 0 amide bonds. The van der Waals surface area contributed by atoms with E-state index in [1.165, 1.54) is 19.4 Å². The molecule has 0 radical (unpaired) electrons. The van der Waals surface area contributed by atoms with E-state index < -0.39 is 12.6 Å². The van der Waals surface area contributed by atoms with E-state index in [1.807, 2.05) is 6.92 Å². The molecule has 2 saturated heterocycles. The molecule has 3 unspecified atom stereocenters. The van der Waals surface area contributed by atoms with Crippen molar-refractivity contribution in [1.29, 1.82) is 0 Å². The first-order chi connectivity index (χ1) is 8.46. The van der Waals surface area contributed by atoms with Crippen LogP contribution in [0.1, 0.15) is 45.4 Å². The van der Waals surface area contributed by atoms with Crippen LogP contribution in [-0.2, 0) is 0 Å². The van der Waals surface area contributed by atoms with Gasteiger partial charge in [-0.3, -0.25) is 4.90 Å². The van der Waals surface area contributed by atoms with Crippen LogP contribution in [0, 0.1) is 0 Å². The second-order valence-electron chi connectivity index (χ2n) is 5.72. The number of nitrogens with zero attached hydrogens (tertiary/aromatic N) is 1. The van der Waals surface area contributed by atoms with Gasteiger partial charge < -0.3 is 5.32 Å². The van der Waals surface area contributed by atoms with E-state index in [2.05, 4.69) is 10.2 Å². The predicted octanol–water partition coefficient (Wildman–Crippen LogP) is 2.93. The minimum Gasteiger partial charge on any atom is -0.310 e. The average molecular weight is 264 g/mol. The van der Waals surface area contributed by atoms with Gasteiger partial charge in [0.15, 0.2) is 0 Å². The van der Waals surface area contributed by atoms with Crippen molar-refractivity contribution in [3.8, 4) is 0 Å². The smallest absolute Gasteiger partial charge is 0.310 e. The molecule has 0 aromatic rings. The molecule has 0 bridgehead atoms. The minimum atomic E-state index is -4.00. The lowest BCUT2D eigenvalue weighted by atomic mass is 10.0. The lowest BCUT2D eigenvalue weighted by molar-refractivity contribution is -0.135. The Morgan fingerprint density at radius 1 is 1.28 bits per heavy atom. The fourth-order valence-electron chi connectivity index (χ4n) is 3.33. The summed E-state index contributed by atoms with van der Waals surface area (Å²) >= 11 is 0. The summed E-state index contributed by atoms with van der Waals surface area (Å²) in [6.45, 7) is 4.36.